The molecule has 0 bridgehead atoms. The van der Waals surface area contributed by atoms with Gasteiger partial charge in [-0.1, -0.05) is 30.3 Å². The van der Waals surface area contributed by atoms with E-state index in [0.29, 0.717) is 5.70 Å². The summed E-state index contributed by atoms with van der Waals surface area (Å²) in [5.74, 6) is -0.290. The molecule has 0 amide bonds. The van der Waals surface area contributed by atoms with Crippen LogP contribution in [0, 0.1) is 0 Å². The van der Waals surface area contributed by atoms with E-state index in [1.165, 1.54) is 0 Å². The molecule has 1 atom stereocenters. The molecule has 72 valence electrons. The van der Waals surface area contributed by atoms with E-state index in [-0.39, 0.29) is 12.2 Å². The first-order valence-electron chi connectivity index (χ1n) is 4.50. The van der Waals surface area contributed by atoms with Crippen molar-refractivity contribution >= 4 is 12.0 Å². The number of hydrogen-bond acceptors (Lipinski definition) is 3. The molecule has 0 unspecified atom stereocenters. The van der Waals surface area contributed by atoms with Crippen molar-refractivity contribution in [1.29, 1.82) is 0 Å². The standard InChI is InChI=1S/C11H11NO2/c1-8-12-10(11(13)14-8)7-9-5-3-2-4-6-9/h2-8,12H,1H3/b10-7+/t8-/m1/s1. The Hall–Kier alpha value is -1.77. The van der Waals surface area contributed by atoms with Gasteiger partial charge >= 0.3 is 5.97 Å². The lowest BCUT2D eigenvalue weighted by Crippen LogP contribution is -2.16. The zero-order chi connectivity index (χ0) is 9.97. The molecular formula is C11H11NO2. The Bertz CT molecular complexity index is 370. The number of ether oxygens (including phenoxy) is 1. The monoisotopic (exact) mass is 189 g/mol. The van der Waals surface area contributed by atoms with Gasteiger partial charge in [-0.05, 0) is 18.6 Å². The highest BCUT2D eigenvalue weighted by atomic mass is 16.6. The molecule has 1 aromatic carbocycles. The first kappa shape index (κ1) is 8.81. The average molecular weight is 189 g/mol. The number of rotatable bonds is 1. The first-order chi connectivity index (χ1) is 6.75. The summed E-state index contributed by atoms with van der Waals surface area (Å²) in [6.07, 6.45) is 1.56. The summed E-state index contributed by atoms with van der Waals surface area (Å²) in [5, 5.41) is 2.94. The van der Waals surface area contributed by atoms with Crippen LogP contribution in [0.3, 0.4) is 0 Å². The van der Waals surface area contributed by atoms with Crippen LogP contribution in [0.4, 0.5) is 0 Å². The number of esters is 1. The fourth-order valence-corrected chi connectivity index (χ4v) is 1.35. The number of carbonyl (C=O) groups excluding carboxylic acids is 1. The van der Waals surface area contributed by atoms with E-state index in [2.05, 4.69) is 5.32 Å². The molecule has 1 fully saturated rings. The predicted molar refractivity (Wildman–Crippen MR) is 53.1 cm³/mol. The van der Waals surface area contributed by atoms with Gasteiger partial charge in [0.25, 0.3) is 0 Å². The quantitative estimate of drug-likeness (QED) is 0.537. The van der Waals surface area contributed by atoms with Crippen LogP contribution in [0.25, 0.3) is 6.08 Å². The summed E-state index contributed by atoms with van der Waals surface area (Å²) in [4.78, 5) is 11.2. The second-order valence-corrected chi connectivity index (χ2v) is 3.16. The Kier molecular flexibility index (Phi) is 2.23. The number of benzene rings is 1. The number of carbonyl (C=O) groups is 1. The molecule has 0 radical (unpaired) electrons. The molecule has 14 heavy (non-hydrogen) atoms. The van der Waals surface area contributed by atoms with Crippen LogP contribution in [0.2, 0.25) is 0 Å². The number of hydrogen-bond donors (Lipinski definition) is 1. The summed E-state index contributed by atoms with van der Waals surface area (Å²) in [7, 11) is 0. The van der Waals surface area contributed by atoms with E-state index in [0.717, 1.165) is 5.56 Å². The molecular weight excluding hydrogens is 178 g/mol. The summed E-state index contributed by atoms with van der Waals surface area (Å²) >= 11 is 0. The first-order valence-corrected chi connectivity index (χ1v) is 4.50. The molecule has 1 aliphatic rings. The Morgan fingerprint density at radius 3 is 2.64 bits per heavy atom. The largest absolute Gasteiger partial charge is 0.437 e. The van der Waals surface area contributed by atoms with Crippen molar-refractivity contribution in [1.82, 2.24) is 5.32 Å². The molecule has 0 aromatic heterocycles. The van der Waals surface area contributed by atoms with Crippen LogP contribution in [-0.4, -0.2) is 12.2 Å². The minimum atomic E-state index is -0.290. The van der Waals surface area contributed by atoms with Gasteiger partial charge in [0.05, 0.1) is 0 Å². The Morgan fingerprint density at radius 1 is 1.36 bits per heavy atom. The van der Waals surface area contributed by atoms with Crippen molar-refractivity contribution in [3.05, 3.63) is 41.6 Å². The van der Waals surface area contributed by atoms with Gasteiger partial charge in [-0.2, -0.15) is 0 Å². The van der Waals surface area contributed by atoms with Crippen molar-refractivity contribution in [2.75, 3.05) is 0 Å². The molecule has 1 aromatic rings. The Balaban J connectivity index is 2.23. The van der Waals surface area contributed by atoms with Crippen molar-refractivity contribution in [3.63, 3.8) is 0 Å². The third kappa shape index (κ3) is 1.76. The second kappa shape index (κ2) is 3.54. The predicted octanol–water partition coefficient (Wildman–Crippen LogP) is 1.52. The van der Waals surface area contributed by atoms with E-state index in [1.807, 2.05) is 30.3 Å². The van der Waals surface area contributed by atoms with Crippen molar-refractivity contribution in [2.45, 2.75) is 13.2 Å². The highest BCUT2D eigenvalue weighted by Crippen LogP contribution is 2.12. The lowest BCUT2D eigenvalue weighted by Gasteiger charge is -1.98. The molecule has 1 N–H and O–H groups in total. The van der Waals surface area contributed by atoms with E-state index in [1.54, 1.807) is 13.0 Å². The van der Waals surface area contributed by atoms with E-state index in [9.17, 15) is 4.79 Å². The highest BCUT2D eigenvalue weighted by molar-refractivity contribution is 5.94. The lowest BCUT2D eigenvalue weighted by atomic mass is 10.2. The fourth-order valence-electron chi connectivity index (χ4n) is 1.35. The topological polar surface area (TPSA) is 38.3 Å². The maximum absolute atomic E-state index is 11.2. The normalized spacial score (nSPS) is 23.4. The summed E-state index contributed by atoms with van der Waals surface area (Å²) < 4.78 is 4.93. The van der Waals surface area contributed by atoms with Gasteiger partial charge in [0.2, 0.25) is 0 Å². The van der Waals surface area contributed by atoms with Gasteiger partial charge in [0.15, 0.2) is 6.23 Å². The molecule has 0 saturated carbocycles. The van der Waals surface area contributed by atoms with Crippen LogP contribution >= 0.6 is 0 Å². The van der Waals surface area contributed by atoms with Crippen LogP contribution in [0.15, 0.2) is 36.0 Å². The van der Waals surface area contributed by atoms with Crippen LogP contribution < -0.4 is 5.32 Å². The second-order valence-electron chi connectivity index (χ2n) is 3.16. The molecule has 0 aliphatic carbocycles. The molecule has 3 heteroatoms. The fraction of sp³-hybridized carbons (Fsp3) is 0.182. The van der Waals surface area contributed by atoms with Crippen molar-refractivity contribution in [3.8, 4) is 0 Å². The molecule has 1 saturated heterocycles. The summed E-state index contributed by atoms with van der Waals surface area (Å²) in [5.41, 5.74) is 1.50. The molecule has 3 nitrogen and oxygen atoms in total. The number of nitrogens with one attached hydrogen (secondary N) is 1. The van der Waals surface area contributed by atoms with E-state index in [4.69, 9.17) is 4.74 Å². The van der Waals surface area contributed by atoms with Gasteiger partial charge in [0.1, 0.15) is 5.70 Å². The Labute approximate surface area is 82.4 Å². The van der Waals surface area contributed by atoms with Gasteiger partial charge in [-0.25, -0.2) is 4.79 Å². The maximum Gasteiger partial charge on any atom is 0.356 e. The van der Waals surface area contributed by atoms with Crippen LogP contribution in [0.1, 0.15) is 12.5 Å². The van der Waals surface area contributed by atoms with Crippen LogP contribution in [0.5, 0.6) is 0 Å². The zero-order valence-corrected chi connectivity index (χ0v) is 7.86. The third-order valence-electron chi connectivity index (χ3n) is 1.97. The average Bonchev–Trinajstić information content (AvgIpc) is 2.47. The van der Waals surface area contributed by atoms with Gasteiger partial charge < -0.3 is 10.1 Å². The lowest BCUT2D eigenvalue weighted by molar-refractivity contribution is -0.138. The van der Waals surface area contributed by atoms with Gasteiger partial charge in [-0.15, -0.1) is 0 Å². The molecule has 2 rings (SSSR count). The molecule has 1 heterocycles. The highest BCUT2D eigenvalue weighted by Gasteiger charge is 2.23. The number of cyclic esters (lactones) is 1. The van der Waals surface area contributed by atoms with Gasteiger partial charge in [0, 0.05) is 0 Å². The smallest absolute Gasteiger partial charge is 0.356 e. The van der Waals surface area contributed by atoms with E-state index >= 15 is 0 Å². The van der Waals surface area contributed by atoms with Crippen molar-refractivity contribution < 1.29 is 9.53 Å². The van der Waals surface area contributed by atoms with Gasteiger partial charge in [-0.3, -0.25) is 0 Å². The minimum absolute atomic E-state index is 0.225. The van der Waals surface area contributed by atoms with E-state index < -0.39 is 0 Å². The zero-order valence-electron chi connectivity index (χ0n) is 7.86. The maximum atomic E-state index is 11.2. The SMILES string of the molecule is C[C@@H]1N/C(=C/c2ccccc2)C(=O)O1. The van der Waals surface area contributed by atoms with Crippen molar-refractivity contribution in [2.24, 2.45) is 0 Å². The Morgan fingerprint density at radius 2 is 2.07 bits per heavy atom. The molecule has 0 spiro atoms. The van der Waals surface area contributed by atoms with Crippen LogP contribution in [-0.2, 0) is 9.53 Å². The molecule has 1 aliphatic heterocycles. The minimum Gasteiger partial charge on any atom is -0.437 e. The third-order valence-corrected chi connectivity index (χ3v) is 1.97. The summed E-state index contributed by atoms with van der Waals surface area (Å²) in [6, 6.07) is 9.66. The summed E-state index contributed by atoms with van der Waals surface area (Å²) in [6.45, 7) is 1.80.